The third kappa shape index (κ3) is 14.5. The number of hydrogen-bond acceptors (Lipinski definition) is 8. The van der Waals surface area contributed by atoms with Gasteiger partial charge in [-0.3, -0.25) is 14.4 Å². The lowest BCUT2D eigenvalue weighted by molar-refractivity contribution is -0.130. The van der Waals surface area contributed by atoms with Crippen molar-refractivity contribution in [2.45, 2.75) is 88.8 Å². The molecule has 0 aliphatic rings. The molecule has 0 saturated carbocycles. The number of sulfone groups is 1. The molecule has 0 heterocycles. The number of carbonyl (C=O) groups excluding carboxylic acids is 3. The third-order valence-electron chi connectivity index (χ3n) is 7.55. The van der Waals surface area contributed by atoms with Crippen molar-refractivity contribution >= 4 is 40.0 Å². The molecule has 46 heavy (non-hydrogen) atoms. The summed E-state index contributed by atoms with van der Waals surface area (Å²) in [6.07, 6.45) is 1.13. The Morgan fingerprint density at radius 1 is 0.891 bits per heavy atom. The number of hydrogen-bond donors (Lipinski definition) is 5. The monoisotopic (exact) mass is 682 g/mol. The van der Waals surface area contributed by atoms with E-state index in [4.69, 9.17) is 4.74 Å². The van der Waals surface area contributed by atoms with Crippen molar-refractivity contribution in [3.63, 3.8) is 0 Å². The Labute approximate surface area is 280 Å². The molecule has 0 aromatic heterocycles. The van der Waals surface area contributed by atoms with Crippen LogP contribution >= 0.6 is 12.4 Å². The standard InChI is InChI=1S/C33H50N4O7S.ClH/c1-5-11-27(12-6-2)45(42,43)23-29(36-32(40)18-17-31(39)34-3)33(41)37-28(20-24-13-8-7-9-14-24)30(38)22-35-21-25-15-10-16-26(19-25)44-4;/h7-10,13-16,19,27-30,35,38H,5-6,11-12,17-18,20-23H2,1-4H3,(H,34,39)(H,36,40)(H,37,41);1H/t28-,29+,30+;/m0./s1. The lowest BCUT2D eigenvalue weighted by Crippen LogP contribution is -2.57. The zero-order valence-electron chi connectivity index (χ0n) is 27.3. The molecule has 0 unspecified atom stereocenters. The van der Waals surface area contributed by atoms with Gasteiger partial charge < -0.3 is 31.1 Å². The first-order valence-corrected chi connectivity index (χ1v) is 17.3. The minimum Gasteiger partial charge on any atom is -0.497 e. The number of ether oxygens (including phenoxy) is 1. The van der Waals surface area contributed by atoms with Crippen molar-refractivity contribution in [2.24, 2.45) is 0 Å². The maximum absolute atomic E-state index is 13.7. The smallest absolute Gasteiger partial charge is 0.243 e. The largest absolute Gasteiger partial charge is 0.497 e. The summed E-state index contributed by atoms with van der Waals surface area (Å²) in [6.45, 7) is 4.38. The van der Waals surface area contributed by atoms with Gasteiger partial charge in [0.1, 0.15) is 11.8 Å². The van der Waals surface area contributed by atoms with Crippen LogP contribution in [0.3, 0.4) is 0 Å². The number of carbonyl (C=O) groups is 3. The van der Waals surface area contributed by atoms with E-state index in [1.807, 2.05) is 68.4 Å². The second-order valence-electron chi connectivity index (χ2n) is 11.2. The molecule has 0 aliphatic carbocycles. The van der Waals surface area contributed by atoms with E-state index in [1.54, 1.807) is 7.11 Å². The molecule has 3 atom stereocenters. The van der Waals surface area contributed by atoms with Crippen molar-refractivity contribution in [3.8, 4) is 5.75 Å². The normalized spacial score (nSPS) is 13.2. The average molecular weight is 683 g/mol. The van der Waals surface area contributed by atoms with Crippen LogP contribution in [0, 0.1) is 0 Å². The number of rotatable bonds is 21. The predicted molar refractivity (Wildman–Crippen MR) is 183 cm³/mol. The van der Waals surface area contributed by atoms with Gasteiger partial charge in [-0.25, -0.2) is 8.42 Å². The SMILES string of the molecule is CCCC(CCC)S(=O)(=O)C[C@@H](NC(=O)CCC(=O)NC)C(=O)N[C@@H](Cc1ccccc1)[C@H](O)CNCc1cccc(OC)c1.Cl. The Bertz CT molecular complexity index is 1310. The van der Waals surface area contributed by atoms with Gasteiger partial charge in [-0.2, -0.15) is 0 Å². The van der Waals surface area contributed by atoms with Crippen LogP contribution in [0.4, 0.5) is 0 Å². The van der Waals surface area contributed by atoms with Crippen LogP contribution in [0.15, 0.2) is 54.6 Å². The van der Waals surface area contributed by atoms with E-state index in [0.717, 1.165) is 11.1 Å². The second-order valence-corrected chi connectivity index (χ2v) is 13.5. The van der Waals surface area contributed by atoms with E-state index in [1.165, 1.54) is 7.05 Å². The van der Waals surface area contributed by atoms with Gasteiger partial charge in [0.15, 0.2) is 9.84 Å². The third-order valence-corrected chi connectivity index (χ3v) is 9.83. The van der Waals surface area contributed by atoms with Gasteiger partial charge in [-0.05, 0) is 42.5 Å². The van der Waals surface area contributed by atoms with E-state index >= 15 is 0 Å². The summed E-state index contributed by atoms with van der Waals surface area (Å²) in [5.74, 6) is -1.56. The van der Waals surface area contributed by atoms with E-state index in [2.05, 4.69) is 21.3 Å². The first-order valence-electron chi connectivity index (χ1n) is 15.6. The highest BCUT2D eigenvalue weighted by molar-refractivity contribution is 7.92. The number of aliphatic hydroxyl groups is 1. The van der Waals surface area contributed by atoms with Crippen LogP contribution in [0.2, 0.25) is 0 Å². The minimum atomic E-state index is -3.78. The molecule has 3 amide bonds. The maximum Gasteiger partial charge on any atom is 0.243 e. The van der Waals surface area contributed by atoms with Gasteiger partial charge in [-0.1, -0.05) is 69.2 Å². The van der Waals surface area contributed by atoms with Crippen molar-refractivity contribution in [1.82, 2.24) is 21.3 Å². The van der Waals surface area contributed by atoms with Crippen molar-refractivity contribution < 1.29 is 32.6 Å². The highest BCUT2D eigenvalue weighted by Crippen LogP contribution is 2.18. The zero-order valence-corrected chi connectivity index (χ0v) is 28.9. The Kier molecular flexibility index (Phi) is 19.2. The van der Waals surface area contributed by atoms with Crippen LogP contribution in [-0.2, 0) is 37.2 Å². The summed E-state index contributed by atoms with van der Waals surface area (Å²) >= 11 is 0. The number of methoxy groups -OCH3 is 1. The second kappa shape index (κ2) is 21.6. The van der Waals surface area contributed by atoms with Gasteiger partial charge in [0.25, 0.3) is 0 Å². The number of halogens is 1. The van der Waals surface area contributed by atoms with Crippen LogP contribution in [0.1, 0.15) is 63.5 Å². The summed E-state index contributed by atoms with van der Waals surface area (Å²) in [5.41, 5.74) is 1.81. The van der Waals surface area contributed by atoms with Crippen LogP contribution in [0.5, 0.6) is 5.75 Å². The molecular formula is C33H51ClN4O7S. The quantitative estimate of drug-likeness (QED) is 0.134. The molecule has 0 spiro atoms. The summed E-state index contributed by atoms with van der Waals surface area (Å²) in [7, 11) is -0.738. The molecule has 13 heteroatoms. The molecular weight excluding hydrogens is 632 g/mol. The van der Waals surface area contributed by atoms with Crippen molar-refractivity contribution in [2.75, 3.05) is 26.5 Å². The molecule has 0 aliphatic heterocycles. The topological polar surface area (TPSA) is 163 Å². The van der Waals surface area contributed by atoms with Gasteiger partial charge in [0, 0.05) is 33.0 Å². The average Bonchev–Trinajstić information content (AvgIpc) is 3.03. The number of nitrogens with one attached hydrogen (secondary N) is 4. The van der Waals surface area contributed by atoms with E-state index in [9.17, 15) is 27.9 Å². The van der Waals surface area contributed by atoms with Crippen molar-refractivity contribution in [3.05, 3.63) is 65.7 Å². The highest BCUT2D eigenvalue weighted by atomic mass is 35.5. The number of amides is 3. The first-order chi connectivity index (χ1) is 21.5. The molecule has 2 aromatic rings. The van der Waals surface area contributed by atoms with Gasteiger partial charge in [0.2, 0.25) is 17.7 Å². The summed E-state index contributed by atoms with van der Waals surface area (Å²) < 4.78 is 32.2. The van der Waals surface area contributed by atoms with Crippen LogP contribution < -0.4 is 26.0 Å². The van der Waals surface area contributed by atoms with E-state index < -0.39 is 50.8 Å². The summed E-state index contributed by atoms with van der Waals surface area (Å²) in [5, 5.41) is 21.6. The fourth-order valence-electron chi connectivity index (χ4n) is 5.04. The first kappa shape index (κ1) is 40.8. The molecule has 0 radical (unpaired) electrons. The maximum atomic E-state index is 13.7. The van der Waals surface area contributed by atoms with Gasteiger partial charge in [0.05, 0.1) is 30.3 Å². The molecule has 0 bridgehead atoms. The van der Waals surface area contributed by atoms with Crippen molar-refractivity contribution in [1.29, 1.82) is 0 Å². The van der Waals surface area contributed by atoms with E-state index in [-0.39, 0.29) is 44.1 Å². The van der Waals surface area contributed by atoms with E-state index in [0.29, 0.717) is 38.0 Å². The minimum absolute atomic E-state index is 0. The zero-order chi connectivity index (χ0) is 33.2. The Morgan fingerprint density at radius 2 is 1.52 bits per heavy atom. The molecule has 0 saturated heterocycles. The van der Waals surface area contributed by atoms with Gasteiger partial charge in [-0.15, -0.1) is 12.4 Å². The molecule has 0 fully saturated rings. The molecule has 2 aromatic carbocycles. The lowest BCUT2D eigenvalue weighted by atomic mass is 10.0. The molecule has 11 nitrogen and oxygen atoms in total. The number of benzene rings is 2. The predicted octanol–water partition coefficient (Wildman–Crippen LogP) is 2.69. The summed E-state index contributed by atoms with van der Waals surface area (Å²) in [6, 6.07) is 14.6. The highest BCUT2D eigenvalue weighted by Gasteiger charge is 2.34. The Balaban J connectivity index is 0.0000106. The summed E-state index contributed by atoms with van der Waals surface area (Å²) in [4.78, 5) is 38.2. The fraction of sp³-hybridized carbons (Fsp3) is 0.545. The fourth-order valence-corrected chi connectivity index (χ4v) is 7.20. The van der Waals surface area contributed by atoms with Crippen LogP contribution in [-0.4, -0.2) is 81.1 Å². The van der Waals surface area contributed by atoms with Crippen LogP contribution in [0.25, 0.3) is 0 Å². The number of aliphatic hydroxyl groups excluding tert-OH is 1. The molecule has 5 N–H and O–H groups in total. The Morgan fingerprint density at radius 3 is 2.13 bits per heavy atom. The lowest BCUT2D eigenvalue weighted by Gasteiger charge is -2.28. The molecule has 2 rings (SSSR count). The Hall–Kier alpha value is -3.19. The molecule has 258 valence electrons. The van der Waals surface area contributed by atoms with Gasteiger partial charge >= 0.3 is 0 Å².